The summed E-state index contributed by atoms with van der Waals surface area (Å²) in [7, 11) is 4.08. The summed E-state index contributed by atoms with van der Waals surface area (Å²) in [5.74, 6) is 0.0427. The first-order chi connectivity index (χ1) is 15.2. The number of hydrogen-bond donors (Lipinski definition) is 2. The van der Waals surface area contributed by atoms with Crippen LogP contribution >= 0.6 is 23.1 Å². The summed E-state index contributed by atoms with van der Waals surface area (Å²) in [6, 6.07) is 5.05. The lowest BCUT2D eigenvalue weighted by molar-refractivity contribution is -0.463. The van der Waals surface area contributed by atoms with E-state index >= 15 is 0 Å². The van der Waals surface area contributed by atoms with E-state index < -0.39 is 29.2 Å². The Balaban J connectivity index is 1.83. The molecule has 1 aromatic carbocycles. The Labute approximate surface area is 194 Å². The van der Waals surface area contributed by atoms with Crippen molar-refractivity contribution >= 4 is 28.9 Å². The average molecular weight is 487 g/mol. The van der Waals surface area contributed by atoms with Crippen LogP contribution in [-0.2, 0) is 12.3 Å². The van der Waals surface area contributed by atoms with Crippen molar-refractivity contribution in [1.82, 2.24) is 10.2 Å². The third-order valence-electron chi connectivity index (χ3n) is 4.41. The summed E-state index contributed by atoms with van der Waals surface area (Å²) >= 11 is 3.50. The van der Waals surface area contributed by atoms with Gasteiger partial charge in [-0.3, -0.25) is 15.1 Å². The van der Waals surface area contributed by atoms with Crippen LogP contribution < -0.4 is 5.32 Å². The molecule has 0 aliphatic carbocycles. The first-order valence-corrected chi connectivity index (χ1v) is 12.0. The number of aliphatic hydroxyl groups is 1. The predicted molar refractivity (Wildman–Crippen MR) is 126 cm³/mol. The van der Waals surface area contributed by atoms with Crippen LogP contribution in [0.15, 0.2) is 29.3 Å². The molecule has 1 atom stereocenters. The van der Waals surface area contributed by atoms with Gasteiger partial charge < -0.3 is 15.3 Å². The second kappa shape index (κ2) is 12.8. The molecule has 1 unspecified atom stereocenters. The highest BCUT2D eigenvalue weighted by Gasteiger charge is 2.15. The lowest BCUT2D eigenvalue weighted by Gasteiger charge is -2.11. The fourth-order valence-corrected chi connectivity index (χ4v) is 5.15. The van der Waals surface area contributed by atoms with Gasteiger partial charge in [0.15, 0.2) is 5.84 Å². The topological polar surface area (TPSA) is 91.0 Å². The molecule has 1 aromatic heterocycles. The van der Waals surface area contributed by atoms with Gasteiger partial charge in [0.25, 0.3) is 6.54 Å². The van der Waals surface area contributed by atoms with Gasteiger partial charge in [-0.25, -0.2) is 8.78 Å². The molecule has 0 fully saturated rings. The number of aliphatic hydroxyl groups excluding tert-OH is 1. The highest BCUT2D eigenvalue weighted by molar-refractivity contribution is 7.98. The highest BCUT2D eigenvalue weighted by Crippen LogP contribution is 2.26. The van der Waals surface area contributed by atoms with E-state index in [-0.39, 0.29) is 17.9 Å². The monoisotopic (exact) mass is 486 g/mol. The summed E-state index contributed by atoms with van der Waals surface area (Å²) < 4.78 is 26.8. The van der Waals surface area contributed by atoms with Crippen molar-refractivity contribution in [1.29, 1.82) is 0 Å². The lowest BCUT2D eigenvalue weighted by Crippen LogP contribution is -2.32. The smallest absolute Gasteiger partial charge is 0.259 e. The molecule has 7 nitrogen and oxygen atoms in total. The van der Waals surface area contributed by atoms with Gasteiger partial charge >= 0.3 is 0 Å². The van der Waals surface area contributed by atoms with Gasteiger partial charge in [-0.15, -0.1) is 11.3 Å². The molecule has 0 saturated carbocycles. The number of aryl methyl sites for hydroxylation is 1. The Bertz CT molecular complexity index is 938. The summed E-state index contributed by atoms with van der Waals surface area (Å²) in [5, 5.41) is 24.0. The normalized spacial score (nSPS) is 12.9. The maximum Gasteiger partial charge on any atom is 0.259 e. The first-order valence-electron chi connectivity index (χ1n) is 9.98. The minimum Gasteiger partial charge on any atom is -0.386 e. The van der Waals surface area contributed by atoms with Gasteiger partial charge in [-0.1, -0.05) is 6.07 Å². The van der Waals surface area contributed by atoms with Crippen molar-refractivity contribution in [2.75, 3.05) is 39.5 Å². The minimum absolute atomic E-state index is 0.106. The standard InChI is InChI=1S/C21H28F2N4O3S2/c1-14-8-16(32-20(14)11-26(2)3)13-31-7-6-24-21(12-27(29)30)25-10-19(28)17-5-4-15(22)9-18(17)23/h4-5,8-9,19,28H,6-7,10-13H2,1-3H3,(H,24,25). The van der Waals surface area contributed by atoms with Crippen molar-refractivity contribution in [3.05, 3.63) is 66.9 Å². The Hall–Kier alpha value is -2.08. The number of hydrogen-bond acceptors (Lipinski definition) is 7. The van der Waals surface area contributed by atoms with Crippen LogP contribution in [-0.4, -0.2) is 60.2 Å². The molecule has 1 heterocycles. The Morgan fingerprint density at radius 2 is 2.12 bits per heavy atom. The molecular formula is C21H28F2N4O3S2. The van der Waals surface area contributed by atoms with Crippen molar-refractivity contribution in [3.63, 3.8) is 0 Å². The third-order valence-corrected chi connectivity index (χ3v) is 6.82. The number of nitrogens with zero attached hydrogens (tertiary/aromatic N) is 3. The number of nitro groups is 1. The number of rotatable bonds is 12. The molecule has 0 bridgehead atoms. The van der Waals surface area contributed by atoms with Gasteiger partial charge in [-0.05, 0) is 38.7 Å². The van der Waals surface area contributed by atoms with Gasteiger partial charge in [0, 0.05) is 50.9 Å². The molecular weight excluding hydrogens is 458 g/mol. The van der Waals surface area contributed by atoms with E-state index in [9.17, 15) is 24.0 Å². The number of aliphatic imine (C=N–C) groups is 1. The minimum atomic E-state index is -1.33. The van der Waals surface area contributed by atoms with Gasteiger partial charge in [-0.2, -0.15) is 11.8 Å². The Kier molecular flexibility index (Phi) is 10.5. The molecule has 0 spiro atoms. The fourth-order valence-electron chi connectivity index (χ4n) is 2.90. The van der Waals surface area contributed by atoms with E-state index in [1.54, 1.807) is 23.1 Å². The maximum absolute atomic E-state index is 13.8. The second-order valence-electron chi connectivity index (χ2n) is 7.50. The maximum atomic E-state index is 13.8. The van der Waals surface area contributed by atoms with Crippen molar-refractivity contribution in [2.24, 2.45) is 4.99 Å². The molecule has 2 N–H and O–H groups in total. The average Bonchev–Trinajstić information content (AvgIpc) is 3.03. The summed E-state index contributed by atoms with van der Waals surface area (Å²) in [4.78, 5) is 19.2. The number of thioether (sulfide) groups is 1. The van der Waals surface area contributed by atoms with Crippen LogP contribution in [0.5, 0.6) is 0 Å². The van der Waals surface area contributed by atoms with Gasteiger partial charge in [0.1, 0.15) is 17.7 Å². The van der Waals surface area contributed by atoms with Crippen LogP contribution in [0.1, 0.15) is 27.0 Å². The number of halogens is 2. The zero-order chi connectivity index (χ0) is 23.7. The molecule has 0 amide bonds. The molecule has 0 radical (unpaired) electrons. The van der Waals surface area contributed by atoms with Crippen LogP contribution in [0.25, 0.3) is 0 Å². The quantitative estimate of drug-likeness (QED) is 0.157. The molecule has 11 heteroatoms. The SMILES string of the molecule is Cc1cc(CSCCNC(C[N+](=O)[O-])=NCC(O)c2ccc(F)cc2F)sc1CN(C)C. The van der Waals surface area contributed by atoms with Crippen molar-refractivity contribution < 1.29 is 18.8 Å². The van der Waals surface area contributed by atoms with E-state index in [2.05, 4.69) is 28.2 Å². The largest absolute Gasteiger partial charge is 0.386 e. The number of thiophene rings is 1. The number of nitrogens with one attached hydrogen (secondary N) is 1. The molecule has 0 saturated heterocycles. The van der Waals surface area contributed by atoms with E-state index in [1.165, 1.54) is 15.3 Å². The molecule has 2 rings (SSSR count). The van der Waals surface area contributed by atoms with Crippen LogP contribution in [0.2, 0.25) is 0 Å². The summed E-state index contributed by atoms with van der Waals surface area (Å²) in [6.45, 7) is 2.69. The van der Waals surface area contributed by atoms with E-state index in [1.807, 2.05) is 14.1 Å². The van der Waals surface area contributed by atoms with Crippen molar-refractivity contribution in [2.45, 2.75) is 25.3 Å². The Morgan fingerprint density at radius 1 is 1.38 bits per heavy atom. The zero-order valence-electron chi connectivity index (χ0n) is 18.3. The van der Waals surface area contributed by atoms with E-state index in [4.69, 9.17) is 0 Å². The summed E-state index contributed by atoms with van der Waals surface area (Å²) in [5.41, 5.74) is 1.18. The summed E-state index contributed by atoms with van der Waals surface area (Å²) in [6.07, 6.45) is -1.33. The number of benzene rings is 1. The van der Waals surface area contributed by atoms with E-state index in [0.29, 0.717) is 18.4 Å². The Morgan fingerprint density at radius 3 is 2.78 bits per heavy atom. The zero-order valence-corrected chi connectivity index (χ0v) is 19.9. The predicted octanol–water partition coefficient (Wildman–Crippen LogP) is 3.63. The fraction of sp³-hybridized carbons (Fsp3) is 0.476. The lowest BCUT2D eigenvalue weighted by atomic mass is 10.1. The van der Waals surface area contributed by atoms with Crippen LogP contribution in [0.4, 0.5) is 8.78 Å². The second-order valence-corrected chi connectivity index (χ2v) is 9.82. The third kappa shape index (κ3) is 8.81. The van der Waals surface area contributed by atoms with Gasteiger partial charge in [0.2, 0.25) is 0 Å². The molecule has 32 heavy (non-hydrogen) atoms. The molecule has 0 aliphatic heterocycles. The van der Waals surface area contributed by atoms with Crippen molar-refractivity contribution in [3.8, 4) is 0 Å². The van der Waals surface area contributed by atoms with E-state index in [0.717, 1.165) is 24.4 Å². The molecule has 0 aliphatic rings. The number of amidine groups is 1. The van der Waals surface area contributed by atoms with Gasteiger partial charge in [0.05, 0.1) is 6.54 Å². The van der Waals surface area contributed by atoms with Crippen LogP contribution in [0, 0.1) is 28.7 Å². The molecule has 176 valence electrons. The molecule has 2 aromatic rings. The first kappa shape index (κ1) is 26.2. The highest BCUT2D eigenvalue weighted by atomic mass is 32.2. The van der Waals surface area contributed by atoms with Crippen LogP contribution in [0.3, 0.4) is 0 Å².